The third kappa shape index (κ3) is 2.71. The molecule has 3 rings (SSSR count). The van der Waals surface area contributed by atoms with E-state index in [1.165, 1.54) is 6.92 Å². The number of furan rings is 1. The van der Waals surface area contributed by atoms with E-state index in [4.69, 9.17) is 9.15 Å². The Morgan fingerprint density at radius 2 is 2.08 bits per heavy atom. The van der Waals surface area contributed by atoms with E-state index >= 15 is 0 Å². The van der Waals surface area contributed by atoms with Gasteiger partial charge in [-0.05, 0) is 48.3 Å². The highest BCUT2D eigenvalue weighted by molar-refractivity contribution is 5.91. The Labute approximate surface area is 143 Å². The lowest BCUT2D eigenvalue weighted by Gasteiger charge is -2.58. The number of Topliss-reactive ketones (excluding diaryl/α,β-unsaturated/α-hetero) is 1. The number of aliphatic hydroxyl groups is 1. The summed E-state index contributed by atoms with van der Waals surface area (Å²) in [5.74, 6) is -1.05. The van der Waals surface area contributed by atoms with Crippen LogP contribution in [-0.4, -0.2) is 16.7 Å². The minimum absolute atomic E-state index is 0.0289. The van der Waals surface area contributed by atoms with E-state index in [2.05, 4.69) is 20.8 Å². The molecule has 0 unspecified atom stereocenters. The van der Waals surface area contributed by atoms with Gasteiger partial charge >= 0.3 is 0 Å². The van der Waals surface area contributed by atoms with Crippen LogP contribution in [-0.2, 0) is 16.0 Å². The van der Waals surface area contributed by atoms with Crippen molar-refractivity contribution < 1.29 is 19.1 Å². The van der Waals surface area contributed by atoms with E-state index in [0.717, 1.165) is 24.8 Å². The second-order valence-electron chi connectivity index (χ2n) is 8.34. The molecule has 24 heavy (non-hydrogen) atoms. The van der Waals surface area contributed by atoms with Crippen molar-refractivity contribution in [3.05, 3.63) is 36.0 Å². The van der Waals surface area contributed by atoms with Crippen LogP contribution in [0.5, 0.6) is 0 Å². The third-order valence-corrected chi connectivity index (χ3v) is 6.21. The van der Waals surface area contributed by atoms with Gasteiger partial charge in [0.25, 0.3) is 0 Å². The van der Waals surface area contributed by atoms with Crippen LogP contribution in [0.3, 0.4) is 0 Å². The van der Waals surface area contributed by atoms with Gasteiger partial charge in [-0.15, -0.1) is 0 Å². The van der Waals surface area contributed by atoms with Gasteiger partial charge in [0.05, 0.1) is 12.5 Å². The summed E-state index contributed by atoms with van der Waals surface area (Å²) in [6.45, 7) is 8.07. The van der Waals surface area contributed by atoms with Crippen molar-refractivity contribution in [2.75, 3.05) is 0 Å². The number of aryl methyl sites for hydroxylation is 1. The monoisotopic (exact) mass is 332 g/mol. The number of hydrogen-bond acceptors (Lipinski definition) is 4. The molecule has 0 spiro atoms. The van der Waals surface area contributed by atoms with Crippen molar-refractivity contribution >= 4 is 5.78 Å². The second-order valence-corrected chi connectivity index (χ2v) is 8.34. The maximum absolute atomic E-state index is 12.0. The first-order valence-corrected chi connectivity index (χ1v) is 8.83. The largest absolute Gasteiger partial charge is 0.472 e. The van der Waals surface area contributed by atoms with E-state index in [0.29, 0.717) is 18.6 Å². The number of allylic oxidation sites excluding steroid dienone is 2. The molecule has 132 valence electrons. The smallest absolute Gasteiger partial charge is 0.214 e. The average Bonchev–Trinajstić information content (AvgIpc) is 3.00. The third-order valence-electron chi connectivity index (χ3n) is 6.21. The number of carbonyl (C=O) groups excluding carboxylic acids is 1. The van der Waals surface area contributed by atoms with Gasteiger partial charge in [0, 0.05) is 18.8 Å². The van der Waals surface area contributed by atoms with E-state index in [9.17, 15) is 9.90 Å². The van der Waals surface area contributed by atoms with Crippen molar-refractivity contribution in [1.82, 2.24) is 0 Å². The topological polar surface area (TPSA) is 59.7 Å². The van der Waals surface area contributed by atoms with Crippen LogP contribution in [0.25, 0.3) is 0 Å². The zero-order valence-corrected chi connectivity index (χ0v) is 15.1. The van der Waals surface area contributed by atoms with Crippen molar-refractivity contribution in [3.63, 3.8) is 0 Å². The first kappa shape index (κ1) is 17.3. The summed E-state index contributed by atoms with van der Waals surface area (Å²) >= 11 is 0. The molecule has 0 amide bonds. The number of hydrogen-bond donors (Lipinski definition) is 1. The Kier molecular flexibility index (Phi) is 4.15. The van der Waals surface area contributed by atoms with Gasteiger partial charge in [-0.25, -0.2) is 0 Å². The number of rotatable bonds is 4. The summed E-state index contributed by atoms with van der Waals surface area (Å²) in [6.07, 6.45) is 9.43. The fourth-order valence-corrected chi connectivity index (χ4v) is 4.69. The maximum Gasteiger partial charge on any atom is 0.214 e. The van der Waals surface area contributed by atoms with Crippen LogP contribution in [0.2, 0.25) is 0 Å². The predicted octanol–water partition coefficient (Wildman–Crippen LogP) is 4.24. The SMILES string of the molecule is CC(=O)C1=C[C@H]2C(C)(C)CCC[C@]2(C)[C@](O)(CCc2ccoc2)O1. The molecule has 1 aliphatic heterocycles. The fourth-order valence-electron chi connectivity index (χ4n) is 4.69. The quantitative estimate of drug-likeness (QED) is 0.896. The summed E-state index contributed by atoms with van der Waals surface area (Å²) in [6, 6.07) is 1.90. The van der Waals surface area contributed by atoms with E-state index in [-0.39, 0.29) is 17.1 Å². The van der Waals surface area contributed by atoms with Crippen molar-refractivity contribution in [2.45, 2.75) is 65.6 Å². The Balaban J connectivity index is 1.97. The molecular weight excluding hydrogens is 304 g/mol. The van der Waals surface area contributed by atoms with E-state index < -0.39 is 11.2 Å². The molecule has 0 radical (unpaired) electrons. The molecule has 1 aliphatic carbocycles. The minimum Gasteiger partial charge on any atom is -0.472 e. The predicted molar refractivity (Wildman–Crippen MR) is 91.1 cm³/mol. The molecule has 0 bridgehead atoms. The van der Waals surface area contributed by atoms with Crippen molar-refractivity contribution in [2.24, 2.45) is 16.7 Å². The first-order valence-electron chi connectivity index (χ1n) is 8.83. The maximum atomic E-state index is 12.0. The van der Waals surface area contributed by atoms with Gasteiger partial charge in [0.15, 0.2) is 11.5 Å². The molecule has 1 fully saturated rings. The normalized spacial score (nSPS) is 34.9. The van der Waals surface area contributed by atoms with Gasteiger partial charge in [-0.2, -0.15) is 0 Å². The molecule has 1 N–H and O–H groups in total. The Morgan fingerprint density at radius 1 is 1.33 bits per heavy atom. The summed E-state index contributed by atoms with van der Waals surface area (Å²) < 4.78 is 11.1. The van der Waals surface area contributed by atoms with Crippen molar-refractivity contribution in [1.29, 1.82) is 0 Å². The zero-order chi connectivity index (χ0) is 17.6. The number of fused-ring (bicyclic) bond motifs is 1. The van der Waals surface area contributed by atoms with Gasteiger partial charge in [-0.1, -0.05) is 27.2 Å². The molecule has 3 atom stereocenters. The molecule has 4 nitrogen and oxygen atoms in total. The first-order chi connectivity index (χ1) is 11.2. The number of ketones is 1. The number of ether oxygens (including phenoxy) is 1. The van der Waals surface area contributed by atoms with Crippen LogP contribution in [0.4, 0.5) is 0 Å². The Bertz CT molecular complexity index is 643. The van der Waals surface area contributed by atoms with Gasteiger partial charge in [0.1, 0.15) is 0 Å². The summed E-state index contributed by atoms with van der Waals surface area (Å²) in [5.41, 5.74) is 0.652. The van der Waals surface area contributed by atoms with Crippen LogP contribution < -0.4 is 0 Å². The molecule has 1 saturated carbocycles. The molecule has 0 saturated heterocycles. The summed E-state index contributed by atoms with van der Waals surface area (Å²) in [4.78, 5) is 12.0. The highest BCUT2D eigenvalue weighted by Gasteiger charge is 2.60. The molecule has 1 aromatic rings. The van der Waals surface area contributed by atoms with E-state index in [1.54, 1.807) is 12.5 Å². The molecule has 1 aromatic heterocycles. The lowest BCUT2D eigenvalue weighted by molar-refractivity contribution is -0.291. The van der Waals surface area contributed by atoms with E-state index in [1.807, 2.05) is 12.1 Å². The highest BCUT2D eigenvalue weighted by atomic mass is 16.6. The highest BCUT2D eigenvalue weighted by Crippen LogP contribution is 2.60. The average molecular weight is 332 g/mol. The molecule has 0 aromatic carbocycles. The second kappa shape index (κ2) is 5.76. The fraction of sp³-hybridized carbons (Fsp3) is 0.650. The standard InChI is InChI=1S/C20H28O4/c1-14(21)16-12-17-18(2,3)8-5-9-19(17,4)20(22,24-16)10-6-15-7-11-23-13-15/h7,11-13,17,22H,5-6,8-10H2,1-4H3/t17-,19-,20-/m0/s1. The Morgan fingerprint density at radius 3 is 2.71 bits per heavy atom. The van der Waals surface area contributed by atoms with Crippen LogP contribution >= 0.6 is 0 Å². The van der Waals surface area contributed by atoms with Gasteiger partial charge in [-0.3, -0.25) is 4.79 Å². The van der Waals surface area contributed by atoms with Crippen molar-refractivity contribution in [3.8, 4) is 0 Å². The minimum atomic E-state index is -1.34. The summed E-state index contributed by atoms with van der Waals surface area (Å²) in [5, 5.41) is 11.5. The summed E-state index contributed by atoms with van der Waals surface area (Å²) in [7, 11) is 0. The van der Waals surface area contributed by atoms with Crippen LogP contribution in [0, 0.1) is 16.7 Å². The van der Waals surface area contributed by atoms with Crippen LogP contribution in [0.15, 0.2) is 34.8 Å². The molecule has 4 heteroatoms. The van der Waals surface area contributed by atoms with Gasteiger partial charge in [0.2, 0.25) is 5.79 Å². The lowest BCUT2D eigenvalue weighted by atomic mass is 9.52. The van der Waals surface area contributed by atoms with Gasteiger partial charge < -0.3 is 14.3 Å². The zero-order valence-electron chi connectivity index (χ0n) is 15.1. The number of carbonyl (C=O) groups is 1. The molecule has 2 heterocycles. The van der Waals surface area contributed by atoms with Crippen LogP contribution in [0.1, 0.15) is 58.9 Å². The Hall–Kier alpha value is -1.55. The lowest BCUT2D eigenvalue weighted by Crippen LogP contribution is -2.60. The molecular formula is C20H28O4. The molecule has 2 aliphatic rings.